The van der Waals surface area contributed by atoms with Gasteiger partial charge in [-0.3, -0.25) is 0 Å². The Bertz CT molecular complexity index is 466. The van der Waals surface area contributed by atoms with Crippen molar-refractivity contribution < 1.29 is 27.0 Å². The molecule has 2 nitrogen and oxygen atoms in total. The Kier molecular flexibility index (Phi) is 6.09. The Balaban J connectivity index is 0.00000176. The maximum Gasteiger partial charge on any atom is 0.110 e. The van der Waals surface area contributed by atoms with E-state index in [4.69, 9.17) is 0 Å². The van der Waals surface area contributed by atoms with Crippen molar-refractivity contribution in [2.24, 2.45) is 5.41 Å². The fraction of sp³-hybridized carbons (Fsp3) is 0.684. The number of likely N-dealkylation sites (tertiary alicyclic amines) is 1. The van der Waals surface area contributed by atoms with E-state index in [2.05, 4.69) is 44.2 Å². The quantitative estimate of drug-likeness (QED) is 0.755. The zero-order valence-electron chi connectivity index (χ0n) is 13.9. The summed E-state index contributed by atoms with van der Waals surface area (Å²) in [6.45, 7) is 5.99. The van der Waals surface area contributed by atoms with Gasteiger partial charge in [0.05, 0.1) is 18.7 Å². The zero-order chi connectivity index (χ0) is 14.9. The van der Waals surface area contributed by atoms with Gasteiger partial charge in [0, 0.05) is 17.4 Å². The van der Waals surface area contributed by atoms with Gasteiger partial charge in [0.1, 0.15) is 6.04 Å². The first-order chi connectivity index (χ1) is 10.2. The molecule has 3 heteroatoms. The van der Waals surface area contributed by atoms with E-state index in [-0.39, 0.29) is 23.1 Å². The average molecular weight is 368 g/mol. The number of halogens is 1. The highest BCUT2D eigenvalue weighted by Crippen LogP contribution is 2.44. The van der Waals surface area contributed by atoms with Gasteiger partial charge in [-0.25, -0.2) is 0 Å². The zero-order valence-corrected chi connectivity index (χ0v) is 15.5. The maximum atomic E-state index is 10.2. The molecule has 1 unspecified atom stereocenters. The van der Waals surface area contributed by atoms with E-state index in [1.807, 2.05) is 0 Å². The molecule has 0 bridgehead atoms. The topological polar surface area (TPSA) is 24.7 Å². The van der Waals surface area contributed by atoms with E-state index in [0.717, 1.165) is 12.8 Å². The maximum absolute atomic E-state index is 10.2. The molecule has 1 aromatic carbocycles. The summed E-state index contributed by atoms with van der Waals surface area (Å²) in [6, 6.07) is 12.1. The summed E-state index contributed by atoms with van der Waals surface area (Å²) >= 11 is 0. The van der Waals surface area contributed by atoms with Gasteiger partial charge in [-0.1, -0.05) is 37.3 Å². The van der Waals surface area contributed by atoms with Crippen LogP contribution in [-0.2, 0) is 0 Å². The molecule has 0 amide bonds. The summed E-state index contributed by atoms with van der Waals surface area (Å²) in [6.07, 6.45) is 7.14. The Morgan fingerprint density at radius 3 is 2.68 bits per heavy atom. The standard InChI is InChI=1S/C19H29NO.BrH/c1-3-19-11-7-13-20(18(19)14-17(21)10-12-19)15(2)16-8-5-4-6-9-16;/h4-6,8-9,15,17-18,21H,3,7,10-14H2,1-2H3;1H/t15-,17+,18+,19-;/m0./s1. The highest BCUT2D eigenvalue weighted by Gasteiger charge is 2.50. The van der Waals surface area contributed by atoms with E-state index in [9.17, 15) is 5.11 Å². The van der Waals surface area contributed by atoms with E-state index >= 15 is 0 Å². The molecule has 0 spiro atoms. The van der Waals surface area contributed by atoms with Crippen molar-refractivity contribution in [2.45, 2.75) is 70.6 Å². The van der Waals surface area contributed by atoms with Crippen LogP contribution in [0.5, 0.6) is 0 Å². The molecule has 1 aromatic rings. The van der Waals surface area contributed by atoms with Crippen LogP contribution in [0.4, 0.5) is 0 Å². The molecule has 0 aromatic heterocycles. The molecule has 5 atom stereocenters. The Labute approximate surface area is 145 Å². The number of rotatable bonds is 3. The van der Waals surface area contributed by atoms with Gasteiger partial charge < -0.3 is 27.0 Å². The molecule has 3 rings (SSSR count). The minimum absolute atomic E-state index is 0. The van der Waals surface area contributed by atoms with Gasteiger partial charge in [-0.2, -0.15) is 0 Å². The second kappa shape index (κ2) is 7.46. The van der Waals surface area contributed by atoms with Crippen LogP contribution in [-0.4, -0.2) is 23.8 Å². The van der Waals surface area contributed by atoms with Crippen LogP contribution in [0, 0.1) is 5.41 Å². The first-order valence-corrected chi connectivity index (χ1v) is 8.75. The lowest BCUT2D eigenvalue weighted by Gasteiger charge is -2.52. The Hall–Kier alpha value is -0.380. The van der Waals surface area contributed by atoms with Crippen molar-refractivity contribution >= 4 is 0 Å². The average Bonchev–Trinajstić information content (AvgIpc) is 2.54. The molecule has 22 heavy (non-hydrogen) atoms. The molecule has 1 heterocycles. The number of benzene rings is 1. The summed E-state index contributed by atoms with van der Waals surface area (Å²) in [5.74, 6) is 0. The van der Waals surface area contributed by atoms with Gasteiger partial charge in [-0.15, -0.1) is 0 Å². The molecule has 2 N–H and O–H groups in total. The van der Waals surface area contributed by atoms with Gasteiger partial charge in [0.25, 0.3) is 0 Å². The number of hydrogen-bond donors (Lipinski definition) is 2. The van der Waals surface area contributed by atoms with Crippen LogP contribution in [0.15, 0.2) is 30.3 Å². The summed E-state index contributed by atoms with van der Waals surface area (Å²) in [4.78, 5) is 1.72. The third kappa shape index (κ3) is 3.27. The minimum Gasteiger partial charge on any atom is -1.00 e. The monoisotopic (exact) mass is 367 g/mol. The molecular formula is C19H30BrNO. The molecule has 1 saturated heterocycles. The largest absolute Gasteiger partial charge is 1.00 e. The lowest BCUT2D eigenvalue weighted by Crippen LogP contribution is -3.18. The van der Waals surface area contributed by atoms with Gasteiger partial charge in [0.2, 0.25) is 0 Å². The Morgan fingerprint density at radius 2 is 2.00 bits per heavy atom. The second-order valence-electron chi connectivity index (χ2n) is 7.26. The molecule has 2 aliphatic rings. The number of nitrogens with one attached hydrogen (secondary N) is 1. The number of aliphatic hydroxyl groups excluding tert-OH is 1. The third-order valence-corrected chi connectivity index (χ3v) is 6.37. The molecule has 1 saturated carbocycles. The van der Waals surface area contributed by atoms with Crippen molar-refractivity contribution in [1.29, 1.82) is 0 Å². The lowest BCUT2D eigenvalue weighted by molar-refractivity contribution is -0.968. The summed E-state index contributed by atoms with van der Waals surface area (Å²) in [5.41, 5.74) is 1.93. The first-order valence-electron chi connectivity index (χ1n) is 8.75. The smallest absolute Gasteiger partial charge is 0.110 e. The van der Waals surface area contributed by atoms with Crippen LogP contribution < -0.4 is 21.9 Å². The van der Waals surface area contributed by atoms with E-state index in [1.54, 1.807) is 4.90 Å². The van der Waals surface area contributed by atoms with Crippen molar-refractivity contribution in [3.63, 3.8) is 0 Å². The SMILES string of the molecule is CC[C@@]12CCC[NH+]([C@@H](C)c3ccccc3)[C@@H]1C[C@H](O)CC2.[Br-]. The van der Waals surface area contributed by atoms with Gasteiger partial charge in [0.15, 0.2) is 0 Å². The van der Waals surface area contributed by atoms with Crippen molar-refractivity contribution in [2.75, 3.05) is 6.54 Å². The first kappa shape index (κ1) is 18.0. The predicted molar refractivity (Wildman–Crippen MR) is 86.3 cm³/mol. The third-order valence-electron chi connectivity index (χ3n) is 6.37. The van der Waals surface area contributed by atoms with Crippen LogP contribution in [0.25, 0.3) is 0 Å². The normalized spacial score (nSPS) is 36.0. The number of aliphatic hydroxyl groups is 1. The number of quaternary nitrogens is 1. The highest BCUT2D eigenvalue weighted by molar-refractivity contribution is 5.16. The molecule has 0 radical (unpaired) electrons. The van der Waals surface area contributed by atoms with Crippen molar-refractivity contribution in [3.8, 4) is 0 Å². The second-order valence-corrected chi connectivity index (χ2v) is 7.26. The molecule has 1 aliphatic carbocycles. The number of hydrogen-bond acceptors (Lipinski definition) is 1. The molecule has 1 aliphatic heterocycles. The van der Waals surface area contributed by atoms with Crippen LogP contribution in [0.2, 0.25) is 0 Å². The van der Waals surface area contributed by atoms with Gasteiger partial charge in [-0.05, 0) is 39.0 Å². The molecular weight excluding hydrogens is 338 g/mol. The van der Waals surface area contributed by atoms with Crippen molar-refractivity contribution in [3.05, 3.63) is 35.9 Å². The fourth-order valence-electron chi connectivity index (χ4n) is 5.00. The highest BCUT2D eigenvalue weighted by atomic mass is 79.9. The Morgan fingerprint density at radius 1 is 1.27 bits per heavy atom. The van der Waals surface area contributed by atoms with Crippen molar-refractivity contribution in [1.82, 2.24) is 0 Å². The number of piperidine rings is 1. The molecule has 2 fully saturated rings. The van der Waals surface area contributed by atoms with Crippen LogP contribution in [0.3, 0.4) is 0 Å². The van der Waals surface area contributed by atoms with Crippen LogP contribution >= 0.6 is 0 Å². The number of fused-ring (bicyclic) bond motifs is 1. The molecule has 124 valence electrons. The minimum atomic E-state index is -0.0780. The van der Waals surface area contributed by atoms with Gasteiger partial charge >= 0.3 is 0 Å². The van der Waals surface area contributed by atoms with E-state index in [1.165, 1.54) is 37.8 Å². The lowest BCUT2D eigenvalue weighted by atomic mass is 9.62. The predicted octanol–water partition coefficient (Wildman–Crippen LogP) is -0.260. The summed E-state index contributed by atoms with van der Waals surface area (Å²) < 4.78 is 0. The fourth-order valence-corrected chi connectivity index (χ4v) is 5.00. The van der Waals surface area contributed by atoms with E-state index < -0.39 is 0 Å². The van der Waals surface area contributed by atoms with Crippen LogP contribution in [0.1, 0.15) is 64.0 Å². The van der Waals surface area contributed by atoms with E-state index in [0.29, 0.717) is 17.5 Å². The summed E-state index contributed by atoms with van der Waals surface area (Å²) in [5, 5.41) is 10.2. The summed E-state index contributed by atoms with van der Waals surface area (Å²) in [7, 11) is 0.